The van der Waals surface area contributed by atoms with Crippen LogP contribution in [0, 0.1) is 29.1 Å². The van der Waals surface area contributed by atoms with Gasteiger partial charge in [0.05, 0.1) is 19.1 Å². The van der Waals surface area contributed by atoms with Gasteiger partial charge in [0, 0.05) is 32.2 Å². The number of hydrogen-bond acceptors (Lipinski definition) is 4. The minimum absolute atomic E-state index is 0.0557. The van der Waals surface area contributed by atoms with Crippen molar-refractivity contribution < 1.29 is 17.9 Å². The maximum Gasteiger partial charge on any atom is 0.282 e. The highest BCUT2D eigenvalue weighted by Gasteiger charge is 2.53. The van der Waals surface area contributed by atoms with Crippen LogP contribution in [0.25, 0.3) is 0 Å². The highest BCUT2D eigenvalue weighted by atomic mass is 32.2. The summed E-state index contributed by atoms with van der Waals surface area (Å²) in [6.45, 7) is 4.71. The van der Waals surface area contributed by atoms with Crippen molar-refractivity contribution in [3.63, 3.8) is 0 Å². The third kappa shape index (κ3) is 3.82. The van der Waals surface area contributed by atoms with E-state index in [4.69, 9.17) is 4.74 Å². The summed E-state index contributed by atoms with van der Waals surface area (Å²) in [4.78, 5) is 13.2. The lowest BCUT2D eigenvalue weighted by atomic mass is 9.48. The molecular weight excluding hydrogens is 402 g/mol. The van der Waals surface area contributed by atoms with E-state index in [1.807, 2.05) is 0 Å². The molecule has 2 atom stereocenters. The van der Waals surface area contributed by atoms with E-state index in [2.05, 4.69) is 12.2 Å². The Morgan fingerprint density at radius 3 is 2.20 bits per heavy atom. The van der Waals surface area contributed by atoms with Crippen molar-refractivity contribution in [1.82, 2.24) is 13.9 Å². The normalized spacial score (nSPS) is 41.0. The number of nitrogens with one attached hydrogen (secondary N) is 1. The molecule has 170 valence electrons. The summed E-state index contributed by atoms with van der Waals surface area (Å²) < 4.78 is 34.4. The Balaban J connectivity index is 1.22. The molecule has 7 nitrogen and oxygen atoms in total. The molecule has 4 saturated carbocycles. The predicted octanol–water partition coefficient (Wildman–Crippen LogP) is 2.00. The second-order valence-electron chi connectivity index (χ2n) is 10.7. The van der Waals surface area contributed by atoms with Crippen LogP contribution in [0.3, 0.4) is 0 Å². The van der Waals surface area contributed by atoms with E-state index in [0.29, 0.717) is 39.4 Å². The van der Waals surface area contributed by atoms with Gasteiger partial charge in [-0.05, 0) is 81.5 Å². The molecule has 4 aliphatic carbocycles. The zero-order chi connectivity index (χ0) is 20.9. The average Bonchev–Trinajstić information content (AvgIpc) is 2.73. The van der Waals surface area contributed by atoms with Gasteiger partial charge in [-0.1, -0.05) is 0 Å². The molecule has 0 radical (unpaired) electrons. The SMILES string of the molecule is C[C@@H](NC(=O)[C@@H]1CCCN(S(=O)(=O)N2CCOCC2)C1)C12CC3CC(CC(C3)C1)C2. The molecule has 6 fully saturated rings. The van der Waals surface area contributed by atoms with Crippen LogP contribution in [0.15, 0.2) is 0 Å². The van der Waals surface area contributed by atoms with Gasteiger partial charge in [-0.2, -0.15) is 17.0 Å². The number of nitrogens with zero attached hydrogens (tertiary/aromatic N) is 2. The van der Waals surface area contributed by atoms with E-state index in [-0.39, 0.29) is 23.3 Å². The van der Waals surface area contributed by atoms with Gasteiger partial charge in [0.25, 0.3) is 10.2 Å². The first kappa shape index (κ1) is 21.2. The second-order valence-corrected chi connectivity index (χ2v) is 12.7. The van der Waals surface area contributed by atoms with Crippen LogP contribution in [-0.4, -0.2) is 68.4 Å². The Labute approximate surface area is 181 Å². The monoisotopic (exact) mass is 439 g/mol. The topological polar surface area (TPSA) is 79.0 Å². The van der Waals surface area contributed by atoms with Gasteiger partial charge >= 0.3 is 0 Å². The first-order valence-corrected chi connectivity index (χ1v) is 13.4. The number of morpholine rings is 1. The van der Waals surface area contributed by atoms with Crippen molar-refractivity contribution in [1.29, 1.82) is 0 Å². The maximum atomic E-state index is 13.2. The molecule has 8 heteroatoms. The van der Waals surface area contributed by atoms with E-state index in [1.165, 1.54) is 47.1 Å². The zero-order valence-corrected chi connectivity index (χ0v) is 19.0. The molecule has 2 aliphatic heterocycles. The first-order valence-electron chi connectivity index (χ1n) is 12.0. The summed E-state index contributed by atoms with van der Waals surface area (Å²) in [6, 6.07) is 0.185. The molecule has 2 saturated heterocycles. The quantitative estimate of drug-likeness (QED) is 0.711. The van der Waals surface area contributed by atoms with Crippen molar-refractivity contribution in [3.8, 4) is 0 Å². The third-order valence-corrected chi connectivity index (χ3v) is 10.7. The predicted molar refractivity (Wildman–Crippen MR) is 114 cm³/mol. The smallest absolute Gasteiger partial charge is 0.282 e. The van der Waals surface area contributed by atoms with Crippen molar-refractivity contribution in [3.05, 3.63) is 0 Å². The van der Waals surface area contributed by atoms with Crippen LogP contribution in [-0.2, 0) is 19.7 Å². The number of carbonyl (C=O) groups excluding carboxylic acids is 1. The van der Waals surface area contributed by atoms with E-state index >= 15 is 0 Å². The molecule has 0 aromatic heterocycles. The van der Waals surface area contributed by atoms with Crippen molar-refractivity contribution >= 4 is 16.1 Å². The Morgan fingerprint density at radius 1 is 1.00 bits per heavy atom. The lowest BCUT2D eigenvalue weighted by Gasteiger charge is -2.59. The van der Waals surface area contributed by atoms with Crippen LogP contribution in [0.2, 0.25) is 0 Å². The van der Waals surface area contributed by atoms with Crippen LogP contribution >= 0.6 is 0 Å². The first-order chi connectivity index (χ1) is 14.4. The number of rotatable bonds is 5. The molecule has 0 spiro atoms. The number of piperidine rings is 1. The Morgan fingerprint density at radius 2 is 1.60 bits per heavy atom. The summed E-state index contributed by atoms with van der Waals surface area (Å²) >= 11 is 0. The Hall–Kier alpha value is -0.700. The summed E-state index contributed by atoms with van der Waals surface area (Å²) in [7, 11) is -3.51. The van der Waals surface area contributed by atoms with Gasteiger partial charge < -0.3 is 10.1 Å². The zero-order valence-electron chi connectivity index (χ0n) is 18.2. The van der Waals surface area contributed by atoms with Gasteiger partial charge in [-0.15, -0.1) is 0 Å². The fourth-order valence-electron chi connectivity index (χ4n) is 7.50. The molecule has 6 rings (SSSR count). The van der Waals surface area contributed by atoms with E-state index in [1.54, 1.807) is 0 Å². The third-order valence-electron chi connectivity index (χ3n) is 8.74. The summed E-state index contributed by atoms with van der Waals surface area (Å²) in [6.07, 6.45) is 9.51. The number of ether oxygens (including phenoxy) is 1. The van der Waals surface area contributed by atoms with Crippen molar-refractivity contribution in [2.75, 3.05) is 39.4 Å². The molecule has 1 amide bonds. The maximum absolute atomic E-state index is 13.2. The minimum Gasteiger partial charge on any atom is -0.379 e. The molecule has 0 aromatic rings. The van der Waals surface area contributed by atoms with Crippen LogP contribution in [0.1, 0.15) is 58.3 Å². The molecule has 2 heterocycles. The number of hydrogen-bond donors (Lipinski definition) is 1. The fourth-order valence-corrected chi connectivity index (χ4v) is 9.16. The lowest BCUT2D eigenvalue weighted by Crippen LogP contribution is -2.58. The molecule has 4 bridgehead atoms. The van der Waals surface area contributed by atoms with Gasteiger partial charge in [0.1, 0.15) is 0 Å². The van der Waals surface area contributed by atoms with E-state index in [0.717, 1.165) is 30.6 Å². The van der Waals surface area contributed by atoms with E-state index in [9.17, 15) is 13.2 Å². The highest BCUT2D eigenvalue weighted by molar-refractivity contribution is 7.86. The molecular formula is C22H37N3O4S. The molecule has 0 aromatic carbocycles. The average molecular weight is 440 g/mol. The Kier molecular flexibility index (Phi) is 5.65. The standard InChI is InChI=1S/C22H37N3O4S/c1-16(22-12-17-9-18(13-22)11-19(10-17)14-22)23-21(26)20-3-2-4-25(15-20)30(27,28)24-5-7-29-8-6-24/h16-20H,2-15H2,1H3,(H,23,26)/t16-,17?,18?,19?,20-,22?/m1/s1. The van der Waals surface area contributed by atoms with Gasteiger partial charge in [-0.3, -0.25) is 4.79 Å². The van der Waals surface area contributed by atoms with Crippen molar-refractivity contribution in [2.45, 2.75) is 64.3 Å². The number of amides is 1. The number of carbonyl (C=O) groups is 1. The minimum atomic E-state index is -3.51. The second kappa shape index (κ2) is 8.01. The molecule has 0 unspecified atom stereocenters. The Bertz CT molecular complexity index is 729. The molecule has 30 heavy (non-hydrogen) atoms. The highest BCUT2D eigenvalue weighted by Crippen LogP contribution is 2.61. The lowest BCUT2D eigenvalue weighted by molar-refractivity contribution is -0.130. The molecule has 1 N–H and O–H groups in total. The van der Waals surface area contributed by atoms with Gasteiger partial charge in [0.2, 0.25) is 5.91 Å². The largest absolute Gasteiger partial charge is 0.379 e. The van der Waals surface area contributed by atoms with Crippen molar-refractivity contribution in [2.24, 2.45) is 29.1 Å². The van der Waals surface area contributed by atoms with Crippen LogP contribution in [0.5, 0.6) is 0 Å². The summed E-state index contributed by atoms with van der Waals surface area (Å²) in [5.41, 5.74) is 0.276. The molecule has 6 aliphatic rings. The van der Waals surface area contributed by atoms with E-state index < -0.39 is 10.2 Å². The van der Waals surface area contributed by atoms with Crippen LogP contribution < -0.4 is 5.32 Å². The summed E-state index contributed by atoms with van der Waals surface area (Å²) in [5.74, 6) is 2.39. The van der Waals surface area contributed by atoms with Crippen LogP contribution in [0.4, 0.5) is 0 Å². The van der Waals surface area contributed by atoms with Gasteiger partial charge in [0.15, 0.2) is 0 Å². The summed E-state index contributed by atoms with van der Waals surface area (Å²) in [5, 5.41) is 3.36. The van der Waals surface area contributed by atoms with Gasteiger partial charge in [-0.25, -0.2) is 0 Å². The fraction of sp³-hybridized carbons (Fsp3) is 0.955.